The molecule has 4 amide bonds. The molecule has 0 rings (SSSR count). The van der Waals surface area contributed by atoms with Crippen molar-refractivity contribution in [3.63, 3.8) is 0 Å². The number of imide groups is 1. The van der Waals surface area contributed by atoms with Crippen LogP contribution in [0.25, 0.3) is 0 Å². The number of hydrogen-bond acceptors (Lipinski definition) is 12. The van der Waals surface area contributed by atoms with E-state index < -0.39 is 24.1 Å². The smallest absolute Gasteiger partial charge is 0.407 e. The van der Waals surface area contributed by atoms with Crippen LogP contribution in [0.3, 0.4) is 0 Å². The highest BCUT2D eigenvalue weighted by Crippen LogP contribution is 2.12. The van der Waals surface area contributed by atoms with Crippen molar-refractivity contribution < 1.29 is 52.6 Å². The van der Waals surface area contributed by atoms with E-state index in [2.05, 4.69) is 29.3 Å². The minimum atomic E-state index is -0.595. The Morgan fingerprint density at radius 2 is 1.12 bits per heavy atom. The number of amides is 4. The highest BCUT2D eigenvalue weighted by atomic mass is 16.7. The fourth-order valence-electron chi connectivity index (χ4n) is 4.38. The number of esters is 2. The van der Waals surface area contributed by atoms with Crippen LogP contribution < -0.4 is 16.1 Å². The molecular weight excluding hydrogens is 652 g/mol. The van der Waals surface area contributed by atoms with Crippen LogP contribution in [0, 0.1) is 0 Å². The van der Waals surface area contributed by atoms with Crippen molar-refractivity contribution in [1.82, 2.24) is 21.0 Å². The molecule has 3 N–H and O–H groups in total. The second-order valence-corrected chi connectivity index (χ2v) is 11.4. The number of carbonyl (C=O) groups is 6. The summed E-state index contributed by atoms with van der Waals surface area (Å²) in [5.74, 6) is -1.37. The number of carbonyl (C=O) groups excluding carboxylic acids is 6. The van der Waals surface area contributed by atoms with E-state index in [0.717, 1.165) is 57.4 Å². The maximum Gasteiger partial charge on any atom is 0.407 e. The summed E-state index contributed by atoms with van der Waals surface area (Å²) in [5, 5.41) is 5.32. The van der Waals surface area contributed by atoms with Gasteiger partial charge in [0.05, 0.1) is 6.61 Å². The van der Waals surface area contributed by atoms with Crippen LogP contribution >= 0.6 is 0 Å². The van der Waals surface area contributed by atoms with E-state index in [1.807, 2.05) is 0 Å². The van der Waals surface area contributed by atoms with Crippen LogP contribution in [-0.2, 0) is 43.0 Å². The SMILES string of the molecule is C=CC(=O)OCCONCCCCCCC(=O)N(CCCCCCNC(=O)OCCOC(=O)C(=C)C)C(=O)CCCCCCNC(=O)OCC. The Labute approximate surface area is 297 Å². The van der Waals surface area contributed by atoms with Gasteiger partial charge in [-0.3, -0.25) is 19.3 Å². The molecular formula is C35H60N4O11. The third kappa shape index (κ3) is 27.9. The summed E-state index contributed by atoms with van der Waals surface area (Å²) in [6.07, 6.45) is 9.92. The number of ether oxygens (including phenoxy) is 4. The lowest BCUT2D eigenvalue weighted by atomic mass is 10.1. The first-order valence-corrected chi connectivity index (χ1v) is 17.7. The lowest BCUT2D eigenvalue weighted by Crippen LogP contribution is -2.37. The van der Waals surface area contributed by atoms with Crippen molar-refractivity contribution in [2.75, 3.05) is 59.2 Å². The lowest BCUT2D eigenvalue weighted by molar-refractivity contribution is -0.145. The van der Waals surface area contributed by atoms with Crippen molar-refractivity contribution in [2.24, 2.45) is 0 Å². The summed E-state index contributed by atoms with van der Waals surface area (Å²) in [5.41, 5.74) is 3.08. The van der Waals surface area contributed by atoms with Gasteiger partial charge in [-0.1, -0.05) is 51.7 Å². The van der Waals surface area contributed by atoms with E-state index in [1.54, 1.807) is 6.92 Å². The first-order valence-electron chi connectivity index (χ1n) is 17.7. The summed E-state index contributed by atoms with van der Waals surface area (Å²) in [6.45, 7) is 12.5. The molecule has 0 bridgehead atoms. The van der Waals surface area contributed by atoms with Gasteiger partial charge >= 0.3 is 24.1 Å². The van der Waals surface area contributed by atoms with E-state index in [9.17, 15) is 28.8 Å². The van der Waals surface area contributed by atoms with Gasteiger partial charge in [-0.05, 0) is 52.4 Å². The zero-order valence-electron chi connectivity index (χ0n) is 30.2. The Hall–Kier alpha value is -3.98. The third-order valence-corrected chi connectivity index (χ3v) is 7.06. The van der Waals surface area contributed by atoms with Crippen molar-refractivity contribution in [3.05, 3.63) is 24.8 Å². The fourth-order valence-corrected chi connectivity index (χ4v) is 4.38. The summed E-state index contributed by atoms with van der Waals surface area (Å²) in [6, 6.07) is 0. The maximum atomic E-state index is 13.1. The first-order chi connectivity index (χ1) is 24.1. The van der Waals surface area contributed by atoms with Crippen LogP contribution in [0.1, 0.15) is 104 Å². The highest BCUT2D eigenvalue weighted by molar-refractivity contribution is 5.95. The van der Waals surface area contributed by atoms with Crippen LogP contribution in [0.2, 0.25) is 0 Å². The van der Waals surface area contributed by atoms with Crippen molar-refractivity contribution in [1.29, 1.82) is 0 Å². The molecule has 15 nitrogen and oxygen atoms in total. The van der Waals surface area contributed by atoms with Gasteiger partial charge in [-0.2, -0.15) is 0 Å². The molecule has 0 atom stereocenters. The van der Waals surface area contributed by atoms with Gasteiger partial charge in [0.25, 0.3) is 0 Å². The molecule has 0 spiro atoms. The average Bonchev–Trinajstić information content (AvgIpc) is 3.09. The van der Waals surface area contributed by atoms with Gasteiger partial charge in [0.2, 0.25) is 11.8 Å². The van der Waals surface area contributed by atoms with E-state index in [4.69, 9.17) is 23.8 Å². The Morgan fingerprint density at radius 3 is 1.68 bits per heavy atom. The minimum absolute atomic E-state index is 0.0478. The van der Waals surface area contributed by atoms with E-state index in [0.29, 0.717) is 64.9 Å². The van der Waals surface area contributed by atoms with Gasteiger partial charge in [0, 0.05) is 50.7 Å². The number of hydroxylamine groups is 1. The van der Waals surface area contributed by atoms with Crippen molar-refractivity contribution in [2.45, 2.75) is 104 Å². The lowest BCUT2D eigenvalue weighted by Gasteiger charge is -2.21. The van der Waals surface area contributed by atoms with Gasteiger partial charge in [0.15, 0.2) is 0 Å². The molecule has 0 saturated heterocycles. The second-order valence-electron chi connectivity index (χ2n) is 11.4. The zero-order valence-corrected chi connectivity index (χ0v) is 30.2. The number of alkyl carbamates (subject to hydrolysis) is 2. The monoisotopic (exact) mass is 712 g/mol. The molecule has 0 aliphatic rings. The number of hydrogen-bond donors (Lipinski definition) is 3. The quantitative estimate of drug-likeness (QED) is 0.0297. The normalized spacial score (nSPS) is 10.4. The summed E-state index contributed by atoms with van der Waals surface area (Å²) in [4.78, 5) is 78.2. The topological polar surface area (TPSA) is 188 Å². The van der Waals surface area contributed by atoms with Gasteiger partial charge in [-0.25, -0.2) is 24.7 Å². The van der Waals surface area contributed by atoms with Crippen LogP contribution in [0.4, 0.5) is 9.59 Å². The van der Waals surface area contributed by atoms with Crippen molar-refractivity contribution >= 4 is 35.9 Å². The van der Waals surface area contributed by atoms with E-state index in [-0.39, 0.29) is 50.2 Å². The molecule has 0 aromatic rings. The number of unbranched alkanes of at least 4 members (excludes halogenated alkanes) is 9. The molecule has 286 valence electrons. The van der Waals surface area contributed by atoms with E-state index >= 15 is 0 Å². The Bertz CT molecular complexity index is 1020. The molecule has 15 heteroatoms. The molecule has 0 saturated carbocycles. The predicted molar refractivity (Wildman–Crippen MR) is 187 cm³/mol. The fraction of sp³-hybridized carbons (Fsp3) is 0.714. The third-order valence-electron chi connectivity index (χ3n) is 7.06. The molecule has 0 aliphatic carbocycles. The number of rotatable bonds is 31. The van der Waals surface area contributed by atoms with Gasteiger partial charge in [-0.15, -0.1) is 0 Å². The van der Waals surface area contributed by atoms with Gasteiger partial charge in [0.1, 0.15) is 26.4 Å². The molecule has 0 aliphatic heterocycles. The Balaban J connectivity index is 4.41. The standard InChI is InChI=1S/C35H60N4O11/c1-5-32(42)47-27-28-50-38-23-17-10-8-14-20-31(41)39(30(40)19-13-7-9-15-21-36-34(44)46-6-2)24-18-12-11-16-22-37-35(45)49-26-25-48-33(43)29(3)4/h5,38H,1,3,6-28H2,2,4H3,(H,36,44)(H,37,45). The summed E-state index contributed by atoms with van der Waals surface area (Å²) < 4.78 is 19.5. The Morgan fingerprint density at radius 1 is 0.620 bits per heavy atom. The largest absolute Gasteiger partial charge is 0.460 e. The average molecular weight is 713 g/mol. The Kier molecular flexibility index (Phi) is 29.7. The van der Waals surface area contributed by atoms with Crippen LogP contribution in [0.5, 0.6) is 0 Å². The molecule has 0 aromatic heterocycles. The summed E-state index contributed by atoms with van der Waals surface area (Å²) >= 11 is 0. The number of nitrogens with zero attached hydrogens (tertiary/aromatic N) is 1. The minimum Gasteiger partial charge on any atom is -0.460 e. The second kappa shape index (κ2) is 32.2. The zero-order chi connectivity index (χ0) is 37.2. The van der Waals surface area contributed by atoms with Crippen LogP contribution in [-0.4, -0.2) is 100 Å². The molecule has 0 heterocycles. The number of nitrogens with one attached hydrogen (secondary N) is 3. The van der Waals surface area contributed by atoms with Gasteiger partial charge < -0.3 is 29.6 Å². The van der Waals surface area contributed by atoms with Crippen molar-refractivity contribution in [3.8, 4) is 0 Å². The first kappa shape index (κ1) is 46.0. The van der Waals surface area contributed by atoms with E-state index in [1.165, 1.54) is 11.8 Å². The molecule has 50 heavy (non-hydrogen) atoms. The molecule has 0 aromatic carbocycles. The predicted octanol–water partition coefficient (Wildman–Crippen LogP) is 4.65. The highest BCUT2D eigenvalue weighted by Gasteiger charge is 2.20. The maximum absolute atomic E-state index is 13.1. The summed E-state index contributed by atoms with van der Waals surface area (Å²) in [7, 11) is 0. The van der Waals surface area contributed by atoms with Crippen LogP contribution in [0.15, 0.2) is 24.8 Å². The molecule has 0 fully saturated rings. The molecule has 0 radical (unpaired) electrons. The molecule has 0 unspecified atom stereocenters.